The molecule has 1 aliphatic heterocycles. The molecular weight excluding hydrogens is 331 g/mol. The molecule has 6 heteroatoms. The minimum atomic E-state index is -0.377. The van der Waals surface area contributed by atoms with Gasteiger partial charge in [0, 0.05) is 37.0 Å². The lowest BCUT2D eigenvalue weighted by atomic mass is 9.91. The van der Waals surface area contributed by atoms with Crippen LogP contribution < -0.4 is 10.6 Å². The van der Waals surface area contributed by atoms with Gasteiger partial charge >= 0.3 is 0 Å². The summed E-state index contributed by atoms with van der Waals surface area (Å²) in [6, 6.07) is 12.1. The van der Waals surface area contributed by atoms with Gasteiger partial charge in [0.25, 0.3) is 0 Å². The minimum absolute atomic E-state index is 0.0397. The van der Waals surface area contributed by atoms with Crippen molar-refractivity contribution >= 4 is 16.9 Å². The molecule has 0 spiro atoms. The summed E-state index contributed by atoms with van der Waals surface area (Å²) in [6.07, 6.45) is 4.44. The van der Waals surface area contributed by atoms with E-state index >= 15 is 0 Å². The van der Waals surface area contributed by atoms with Crippen molar-refractivity contribution in [3.63, 3.8) is 0 Å². The lowest BCUT2D eigenvalue weighted by molar-refractivity contribution is -0.123. The Bertz CT molecular complexity index is 946. The number of hydrogen-bond acceptors (Lipinski definition) is 4. The second-order valence-electron chi connectivity index (χ2n) is 6.47. The fourth-order valence-corrected chi connectivity index (χ4v) is 3.41. The van der Waals surface area contributed by atoms with Gasteiger partial charge in [0.15, 0.2) is 0 Å². The van der Waals surface area contributed by atoms with Crippen molar-refractivity contribution in [2.45, 2.75) is 31.5 Å². The monoisotopic (exact) mass is 350 g/mol. The molecule has 1 saturated heterocycles. The van der Waals surface area contributed by atoms with Gasteiger partial charge in [-0.1, -0.05) is 24.3 Å². The van der Waals surface area contributed by atoms with Crippen molar-refractivity contribution in [1.29, 1.82) is 0 Å². The highest BCUT2D eigenvalue weighted by Crippen LogP contribution is 2.26. The summed E-state index contributed by atoms with van der Waals surface area (Å²) >= 11 is 0. The largest absolute Gasteiger partial charge is 0.348 e. The van der Waals surface area contributed by atoms with Crippen molar-refractivity contribution in [3.05, 3.63) is 71.8 Å². The Kier molecular flexibility index (Phi) is 4.58. The molecule has 2 atom stereocenters. The summed E-state index contributed by atoms with van der Waals surface area (Å²) in [4.78, 5) is 20.4. The van der Waals surface area contributed by atoms with Crippen molar-refractivity contribution < 1.29 is 9.18 Å². The molecule has 1 amide bonds. The molecule has 26 heavy (non-hydrogen) atoms. The van der Waals surface area contributed by atoms with E-state index in [0.717, 1.165) is 16.6 Å². The third-order valence-corrected chi connectivity index (χ3v) is 4.74. The Labute approximate surface area is 150 Å². The first-order chi connectivity index (χ1) is 12.7. The molecule has 0 bridgehead atoms. The summed E-state index contributed by atoms with van der Waals surface area (Å²) in [6.45, 7) is 0.609. The minimum Gasteiger partial charge on any atom is -0.348 e. The van der Waals surface area contributed by atoms with Gasteiger partial charge in [-0.2, -0.15) is 0 Å². The smallest absolute Gasteiger partial charge is 0.220 e. The van der Waals surface area contributed by atoms with Gasteiger partial charge in [0.2, 0.25) is 5.91 Å². The van der Waals surface area contributed by atoms with E-state index in [1.165, 1.54) is 6.07 Å². The van der Waals surface area contributed by atoms with E-state index in [2.05, 4.69) is 20.6 Å². The van der Waals surface area contributed by atoms with Crippen LogP contribution in [0.4, 0.5) is 4.39 Å². The molecule has 0 aliphatic carbocycles. The van der Waals surface area contributed by atoms with E-state index in [-0.39, 0.29) is 23.8 Å². The van der Waals surface area contributed by atoms with Crippen LogP contribution in [0.2, 0.25) is 0 Å². The maximum atomic E-state index is 14.2. The molecule has 2 heterocycles. The molecule has 1 aromatic heterocycles. The van der Waals surface area contributed by atoms with Crippen molar-refractivity contribution in [2.24, 2.45) is 0 Å². The second kappa shape index (κ2) is 7.17. The molecule has 0 radical (unpaired) electrons. The number of carbonyl (C=O) groups excluding carboxylic acids is 1. The molecule has 0 unspecified atom stereocenters. The van der Waals surface area contributed by atoms with E-state index in [0.29, 0.717) is 24.9 Å². The van der Waals surface area contributed by atoms with Crippen LogP contribution >= 0.6 is 0 Å². The van der Waals surface area contributed by atoms with Gasteiger partial charge in [0.1, 0.15) is 5.82 Å². The van der Waals surface area contributed by atoms with Crippen LogP contribution in [0.5, 0.6) is 0 Å². The number of aromatic nitrogens is 2. The maximum absolute atomic E-state index is 14.2. The first kappa shape index (κ1) is 16.6. The normalized spacial score (nSPS) is 20.1. The fraction of sp³-hybridized carbons (Fsp3) is 0.250. The SMILES string of the molecule is O=C1CC[C@@H](NCc2ccc3nccnc3c2)[C@H](c2ccccc2F)N1. The highest BCUT2D eigenvalue weighted by atomic mass is 19.1. The maximum Gasteiger partial charge on any atom is 0.220 e. The number of carbonyl (C=O) groups is 1. The molecular formula is C20H19FN4O. The van der Waals surface area contributed by atoms with E-state index in [1.54, 1.807) is 30.6 Å². The second-order valence-corrected chi connectivity index (χ2v) is 6.47. The lowest BCUT2D eigenvalue weighted by Gasteiger charge is -2.33. The molecule has 132 valence electrons. The van der Waals surface area contributed by atoms with Crippen molar-refractivity contribution in [3.8, 4) is 0 Å². The summed E-state index contributed by atoms with van der Waals surface area (Å²) in [5.41, 5.74) is 3.28. The van der Waals surface area contributed by atoms with E-state index in [1.807, 2.05) is 18.2 Å². The number of halogens is 1. The number of nitrogens with zero attached hydrogens (tertiary/aromatic N) is 2. The van der Waals surface area contributed by atoms with Gasteiger partial charge in [-0.15, -0.1) is 0 Å². The Morgan fingerprint density at radius 2 is 1.92 bits per heavy atom. The van der Waals surface area contributed by atoms with Gasteiger partial charge in [0.05, 0.1) is 17.1 Å². The van der Waals surface area contributed by atoms with Crippen LogP contribution in [0.15, 0.2) is 54.9 Å². The summed E-state index contributed by atoms with van der Waals surface area (Å²) < 4.78 is 14.2. The predicted octanol–water partition coefficient (Wildman–Crippen LogP) is 2.88. The molecule has 1 fully saturated rings. The first-order valence-electron chi connectivity index (χ1n) is 8.67. The van der Waals surface area contributed by atoms with E-state index < -0.39 is 0 Å². The number of hydrogen-bond donors (Lipinski definition) is 2. The Morgan fingerprint density at radius 3 is 2.77 bits per heavy atom. The van der Waals surface area contributed by atoms with Crippen LogP contribution in [0.25, 0.3) is 11.0 Å². The van der Waals surface area contributed by atoms with E-state index in [4.69, 9.17) is 0 Å². The lowest BCUT2D eigenvalue weighted by Crippen LogP contribution is -2.48. The number of rotatable bonds is 4. The Hall–Kier alpha value is -2.86. The summed E-state index contributed by atoms with van der Waals surface area (Å²) in [5, 5.41) is 6.40. The molecule has 4 rings (SSSR count). The Morgan fingerprint density at radius 1 is 1.12 bits per heavy atom. The van der Waals surface area contributed by atoms with Crippen LogP contribution in [-0.2, 0) is 11.3 Å². The van der Waals surface area contributed by atoms with Gasteiger partial charge in [-0.25, -0.2) is 4.39 Å². The zero-order chi connectivity index (χ0) is 17.9. The first-order valence-corrected chi connectivity index (χ1v) is 8.67. The molecule has 0 saturated carbocycles. The predicted molar refractivity (Wildman–Crippen MR) is 96.7 cm³/mol. The zero-order valence-corrected chi connectivity index (χ0v) is 14.2. The highest BCUT2D eigenvalue weighted by molar-refractivity contribution is 5.77. The average molecular weight is 350 g/mol. The fourth-order valence-electron chi connectivity index (χ4n) is 3.41. The molecule has 3 aromatic rings. The van der Waals surface area contributed by atoms with Gasteiger partial charge in [-0.3, -0.25) is 14.8 Å². The molecule has 5 nitrogen and oxygen atoms in total. The number of fused-ring (bicyclic) bond motifs is 1. The third-order valence-electron chi connectivity index (χ3n) is 4.74. The Balaban J connectivity index is 1.53. The van der Waals surface area contributed by atoms with Crippen molar-refractivity contribution in [2.75, 3.05) is 0 Å². The number of benzene rings is 2. The van der Waals surface area contributed by atoms with Crippen LogP contribution in [0.1, 0.15) is 30.0 Å². The molecule has 1 aliphatic rings. The average Bonchev–Trinajstić information content (AvgIpc) is 2.67. The number of amides is 1. The molecule has 2 aromatic carbocycles. The molecule has 2 N–H and O–H groups in total. The van der Waals surface area contributed by atoms with Gasteiger partial charge in [-0.05, 0) is 30.2 Å². The van der Waals surface area contributed by atoms with Gasteiger partial charge < -0.3 is 10.6 Å². The number of piperidine rings is 1. The third kappa shape index (κ3) is 3.41. The number of nitrogens with one attached hydrogen (secondary N) is 2. The van der Waals surface area contributed by atoms with Crippen LogP contribution in [-0.4, -0.2) is 21.9 Å². The van der Waals surface area contributed by atoms with Crippen LogP contribution in [0.3, 0.4) is 0 Å². The van der Waals surface area contributed by atoms with Crippen molar-refractivity contribution in [1.82, 2.24) is 20.6 Å². The zero-order valence-electron chi connectivity index (χ0n) is 14.2. The summed E-state index contributed by atoms with van der Waals surface area (Å²) in [5.74, 6) is -0.343. The van der Waals surface area contributed by atoms with Crippen LogP contribution in [0, 0.1) is 5.82 Å². The van der Waals surface area contributed by atoms with E-state index in [9.17, 15) is 9.18 Å². The quantitative estimate of drug-likeness (QED) is 0.759. The highest BCUT2D eigenvalue weighted by Gasteiger charge is 2.31. The topological polar surface area (TPSA) is 66.9 Å². The summed E-state index contributed by atoms with van der Waals surface area (Å²) in [7, 11) is 0. The standard InChI is InChI=1S/C20H19FN4O/c21-15-4-2-1-3-14(15)20-17(7-8-19(26)25-20)24-12-13-5-6-16-18(11-13)23-10-9-22-16/h1-6,9-11,17,20,24H,7-8,12H2,(H,25,26)/t17-,20+/m1/s1.